The van der Waals surface area contributed by atoms with E-state index in [0.717, 1.165) is 11.1 Å². The van der Waals surface area contributed by atoms with Gasteiger partial charge in [-0.05, 0) is 42.2 Å². The summed E-state index contributed by atoms with van der Waals surface area (Å²) in [5.74, 6) is 0.206. The van der Waals surface area contributed by atoms with Crippen LogP contribution in [0.15, 0.2) is 76.1 Å². The van der Waals surface area contributed by atoms with Crippen molar-refractivity contribution in [2.24, 2.45) is 7.05 Å². The first-order valence-electron chi connectivity index (χ1n) is 10.8. The fourth-order valence-electron chi connectivity index (χ4n) is 3.79. The highest BCUT2D eigenvalue weighted by molar-refractivity contribution is 6.30. The van der Waals surface area contributed by atoms with Gasteiger partial charge in [0.1, 0.15) is 11.3 Å². The van der Waals surface area contributed by atoms with Crippen LogP contribution in [0.3, 0.4) is 0 Å². The van der Waals surface area contributed by atoms with Crippen molar-refractivity contribution in [1.29, 1.82) is 0 Å². The summed E-state index contributed by atoms with van der Waals surface area (Å²) < 4.78 is 7.53. The number of nitrogens with zero attached hydrogens (tertiary/aromatic N) is 1. The molecule has 0 aliphatic rings. The molecule has 2 heterocycles. The van der Waals surface area contributed by atoms with Gasteiger partial charge in [0.15, 0.2) is 0 Å². The maximum absolute atomic E-state index is 13.0. The van der Waals surface area contributed by atoms with Crippen molar-refractivity contribution in [3.8, 4) is 0 Å². The third-order valence-corrected chi connectivity index (χ3v) is 5.84. The van der Waals surface area contributed by atoms with Crippen molar-refractivity contribution in [2.75, 3.05) is 0 Å². The molecule has 0 spiro atoms. The third kappa shape index (κ3) is 5.35. The fourth-order valence-corrected chi connectivity index (χ4v) is 3.91. The van der Waals surface area contributed by atoms with Crippen LogP contribution in [0.2, 0.25) is 5.02 Å². The van der Waals surface area contributed by atoms with E-state index in [0.29, 0.717) is 41.1 Å². The minimum Gasteiger partial charge on any atom is -0.444 e. The molecule has 2 aromatic heterocycles. The molecule has 6 nitrogen and oxygen atoms in total. The Morgan fingerprint density at radius 2 is 1.88 bits per heavy atom. The molecule has 4 rings (SSSR count). The van der Waals surface area contributed by atoms with Crippen LogP contribution in [0, 0.1) is 0 Å². The second-order valence-electron chi connectivity index (χ2n) is 8.04. The lowest BCUT2D eigenvalue weighted by molar-refractivity contribution is 0.0949. The second-order valence-corrected chi connectivity index (χ2v) is 8.48. The maximum Gasteiger partial charge on any atom is 0.257 e. The van der Waals surface area contributed by atoms with E-state index in [1.165, 1.54) is 6.20 Å². The number of pyridine rings is 1. The third-order valence-electron chi connectivity index (χ3n) is 5.59. The number of hydrogen-bond acceptors (Lipinski definition) is 4. The number of amides is 1. The number of rotatable bonds is 8. The molecule has 1 atom stereocenters. The fraction of sp³-hybridized carbons (Fsp3) is 0.231. The highest BCUT2D eigenvalue weighted by Crippen LogP contribution is 2.22. The molecule has 4 aromatic rings. The first kappa shape index (κ1) is 22.8. The van der Waals surface area contributed by atoms with Gasteiger partial charge in [0, 0.05) is 31.2 Å². The molecule has 0 aliphatic carbocycles. The van der Waals surface area contributed by atoms with Gasteiger partial charge < -0.3 is 19.4 Å². The van der Waals surface area contributed by atoms with Crippen molar-refractivity contribution in [1.82, 2.24) is 9.88 Å². The Kier molecular flexibility index (Phi) is 6.96. The molecule has 33 heavy (non-hydrogen) atoms. The lowest BCUT2D eigenvalue weighted by atomic mass is 10.0. The molecular weight excluding hydrogens is 440 g/mol. The van der Waals surface area contributed by atoms with Crippen LogP contribution in [-0.2, 0) is 20.0 Å². The van der Waals surface area contributed by atoms with E-state index in [2.05, 4.69) is 5.32 Å². The number of nitrogens with one attached hydrogen (secondary N) is 1. The van der Waals surface area contributed by atoms with Crippen molar-refractivity contribution >= 4 is 28.6 Å². The Morgan fingerprint density at radius 3 is 2.61 bits per heavy atom. The smallest absolute Gasteiger partial charge is 0.257 e. The number of benzene rings is 2. The Morgan fingerprint density at radius 1 is 1.15 bits per heavy atom. The molecule has 170 valence electrons. The number of aliphatic hydroxyl groups excluding tert-OH is 1. The van der Waals surface area contributed by atoms with Gasteiger partial charge in [-0.3, -0.25) is 9.59 Å². The summed E-state index contributed by atoms with van der Waals surface area (Å²) in [6.45, 7) is 0.289. The number of furan rings is 1. The van der Waals surface area contributed by atoms with Gasteiger partial charge in [0.25, 0.3) is 5.91 Å². The lowest BCUT2D eigenvalue weighted by Crippen LogP contribution is -2.29. The van der Waals surface area contributed by atoms with Gasteiger partial charge in [-0.15, -0.1) is 0 Å². The van der Waals surface area contributed by atoms with E-state index in [-0.39, 0.29) is 17.5 Å². The summed E-state index contributed by atoms with van der Waals surface area (Å²) in [6, 6.07) is 18.3. The Hall–Kier alpha value is -3.35. The number of carbonyl (C=O) groups is 1. The lowest BCUT2D eigenvalue weighted by Gasteiger charge is -2.09. The van der Waals surface area contributed by atoms with Gasteiger partial charge >= 0.3 is 0 Å². The number of fused-ring (bicyclic) bond motifs is 1. The molecule has 0 saturated carbocycles. The molecule has 2 aromatic carbocycles. The van der Waals surface area contributed by atoms with E-state index in [1.54, 1.807) is 29.8 Å². The standard InChI is InChI=1S/C26H25ClN2O4/c1-29-16-22(25(32)28-15-17-10-12-19(27)13-11-17)24(31)21-14-20(33-26(21)29)8-5-9-23(30)18-6-3-2-4-7-18/h2-4,6-7,10-14,16,23,30H,5,8-9,15H2,1H3,(H,28,32)/t23-/m1/s1. The quantitative estimate of drug-likeness (QED) is 0.393. The number of aliphatic hydroxyl groups is 1. The molecular formula is C26H25ClN2O4. The van der Waals surface area contributed by atoms with Gasteiger partial charge in [-0.25, -0.2) is 0 Å². The number of carbonyl (C=O) groups excluding carboxylic acids is 1. The van der Waals surface area contributed by atoms with Crippen LogP contribution >= 0.6 is 11.6 Å². The topological polar surface area (TPSA) is 84.5 Å². The predicted molar refractivity (Wildman–Crippen MR) is 128 cm³/mol. The molecule has 7 heteroatoms. The number of aromatic nitrogens is 1. The van der Waals surface area contributed by atoms with Crippen molar-refractivity contribution < 1.29 is 14.3 Å². The van der Waals surface area contributed by atoms with Crippen LogP contribution < -0.4 is 10.7 Å². The van der Waals surface area contributed by atoms with Gasteiger partial charge in [0.2, 0.25) is 11.1 Å². The van der Waals surface area contributed by atoms with E-state index >= 15 is 0 Å². The molecule has 0 bridgehead atoms. The summed E-state index contributed by atoms with van der Waals surface area (Å²) in [6.07, 6.45) is 2.81. The predicted octanol–water partition coefficient (Wildman–Crippen LogP) is 4.77. The largest absolute Gasteiger partial charge is 0.444 e. The van der Waals surface area contributed by atoms with Crippen molar-refractivity contribution in [3.63, 3.8) is 0 Å². The Labute approximate surface area is 196 Å². The van der Waals surface area contributed by atoms with Gasteiger partial charge in [-0.1, -0.05) is 54.1 Å². The second kappa shape index (κ2) is 10.1. The molecule has 0 saturated heterocycles. The van der Waals surface area contributed by atoms with E-state index in [1.807, 2.05) is 42.5 Å². The summed E-state index contributed by atoms with van der Waals surface area (Å²) in [5.41, 5.74) is 1.88. The number of halogens is 1. The zero-order chi connectivity index (χ0) is 23.4. The summed E-state index contributed by atoms with van der Waals surface area (Å²) >= 11 is 5.89. The van der Waals surface area contributed by atoms with E-state index < -0.39 is 12.0 Å². The van der Waals surface area contributed by atoms with E-state index in [4.69, 9.17) is 16.0 Å². The van der Waals surface area contributed by atoms with Crippen molar-refractivity contribution in [3.05, 3.63) is 105 Å². The zero-order valence-corrected chi connectivity index (χ0v) is 19.0. The van der Waals surface area contributed by atoms with Crippen LogP contribution in [0.5, 0.6) is 0 Å². The van der Waals surface area contributed by atoms with Gasteiger partial charge in [-0.2, -0.15) is 0 Å². The minimum absolute atomic E-state index is 0.0609. The molecule has 0 aliphatic heterocycles. The van der Waals surface area contributed by atoms with Crippen molar-refractivity contribution in [2.45, 2.75) is 31.9 Å². The van der Waals surface area contributed by atoms with E-state index in [9.17, 15) is 14.7 Å². The summed E-state index contributed by atoms with van der Waals surface area (Å²) in [5, 5.41) is 14.1. The van der Waals surface area contributed by atoms with Crippen LogP contribution in [0.25, 0.3) is 11.1 Å². The molecule has 0 radical (unpaired) electrons. The molecule has 2 N–H and O–H groups in total. The highest BCUT2D eigenvalue weighted by Gasteiger charge is 2.18. The number of hydrogen-bond donors (Lipinski definition) is 2. The average Bonchev–Trinajstić information content (AvgIpc) is 3.26. The van der Waals surface area contributed by atoms with Crippen LogP contribution in [0.1, 0.15) is 46.2 Å². The first-order chi connectivity index (χ1) is 15.9. The highest BCUT2D eigenvalue weighted by atomic mass is 35.5. The average molecular weight is 465 g/mol. The summed E-state index contributed by atoms with van der Waals surface area (Å²) in [7, 11) is 1.74. The Balaban J connectivity index is 1.44. The monoisotopic (exact) mass is 464 g/mol. The molecule has 0 unspecified atom stereocenters. The normalized spacial score (nSPS) is 12.1. The SMILES string of the molecule is Cn1cc(C(=O)NCc2ccc(Cl)cc2)c(=O)c2cc(CCC[C@@H](O)c3ccccc3)oc21. The minimum atomic E-state index is -0.544. The van der Waals surface area contributed by atoms with Crippen LogP contribution in [-0.4, -0.2) is 15.6 Å². The zero-order valence-electron chi connectivity index (χ0n) is 18.3. The molecule has 1 amide bonds. The van der Waals surface area contributed by atoms with Crippen LogP contribution in [0.4, 0.5) is 0 Å². The molecule has 0 fully saturated rings. The number of aryl methyl sites for hydroxylation is 2. The first-order valence-corrected chi connectivity index (χ1v) is 11.2. The summed E-state index contributed by atoms with van der Waals surface area (Å²) in [4.78, 5) is 25.6. The maximum atomic E-state index is 13.0. The van der Waals surface area contributed by atoms with Gasteiger partial charge in [0.05, 0.1) is 11.5 Å². The Bertz CT molecular complexity index is 1310.